The van der Waals surface area contributed by atoms with Crippen LogP contribution in [0.2, 0.25) is 0 Å². The van der Waals surface area contributed by atoms with Crippen molar-refractivity contribution in [1.82, 2.24) is 9.97 Å². The minimum absolute atomic E-state index is 0.0241. The zero-order valence-corrected chi connectivity index (χ0v) is 62.7. The van der Waals surface area contributed by atoms with E-state index in [1.54, 1.807) is 12.4 Å². The van der Waals surface area contributed by atoms with Crippen LogP contribution in [0.4, 0.5) is 22.7 Å². The second-order valence-electron chi connectivity index (χ2n) is 28.6. The van der Waals surface area contributed by atoms with Gasteiger partial charge in [0.2, 0.25) is 22.5 Å². The largest absolute Gasteiger partial charge is 0.436 e. The molecule has 0 unspecified atom stereocenters. The third-order valence-corrected chi connectivity index (χ3v) is 21.9. The highest BCUT2D eigenvalue weighted by Gasteiger charge is 2.43. The Hall–Kier alpha value is -10.2. The number of furan rings is 2. The van der Waals surface area contributed by atoms with Crippen LogP contribution in [0, 0.1) is 62.2 Å². The number of aromatic nitrogens is 6. The lowest BCUT2D eigenvalue weighted by molar-refractivity contribution is -0.654. The van der Waals surface area contributed by atoms with Gasteiger partial charge in [-0.2, -0.15) is 0 Å². The van der Waals surface area contributed by atoms with E-state index in [1.165, 1.54) is 88.7 Å². The van der Waals surface area contributed by atoms with Gasteiger partial charge in [0.15, 0.2) is 46.3 Å². The van der Waals surface area contributed by atoms with E-state index in [2.05, 4.69) is 263 Å². The lowest BCUT2D eigenvalue weighted by atomic mass is 9.47. The van der Waals surface area contributed by atoms with E-state index in [1.807, 2.05) is 82.2 Å². The van der Waals surface area contributed by atoms with Gasteiger partial charge >= 0.3 is 27.4 Å². The molecule has 4 aliphatic heterocycles. The predicted molar refractivity (Wildman–Crippen MR) is 428 cm³/mol. The molecule has 12 nitrogen and oxygen atoms in total. The number of para-hydroxylation sites is 3. The molecule has 16 rings (SSSR count). The van der Waals surface area contributed by atoms with Crippen molar-refractivity contribution < 1.29 is 35.3 Å². The molecule has 506 valence electrons. The van der Waals surface area contributed by atoms with Crippen molar-refractivity contribution in [1.29, 1.82) is 0 Å². The van der Waals surface area contributed by atoms with Gasteiger partial charge in [-0.1, -0.05) is 82.6 Å². The van der Waals surface area contributed by atoms with Crippen LogP contribution in [0.5, 0.6) is 0 Å². The summed E-state index contributed by atoms with van der Waals surface area (Å²) in [6, 6.07) is 49.6. The van der Waals surface area contributed by atoms with Gasteiger partial charge < -0.3 is 28.1 Å². The Morgan fingerprint density at radius 2 is 0.881 bits per heavy atom. The van der Waals surface area contributed by atoms with Gasteiger partial charge in [0.25, 0.3) is 0 Å². The van der Waals surface area contributed by atoms with Crippen LogP contribution in [0.15, 0.2) is 183 Å². The van der Waals surface area contributed by atoms with Crippen LogP contribution in [0.1, 0.15) is 123 Å². The molecule has 4 aromatic carbocycles. The number of anilines is 4. The molecule has 101 heavy (non-hydrogen) atoms. The molecule has 0 saturated heterocycles. The molecule has 8 aromatic heterocycles. The van der Waals surface area contributed by atoms with E-state index < -0.39 is 13.7 Å². The number of hydrogen-bond acceptors (Lipinski definition) is 8. The van der Waals surface area contributed by atoms with E-state index in [4.69, 9.17) is 17.1 Å². The van der Waals surface area contributed by atoms with E-state index >= 15 is 0 Å². The molecule has 12 aromatic rings. The van der Waals surface area contributed by atoms with Crippen LogP contribution in [0.25, 0.3) is 67.3 Å². The Morgan fingerprint density at radius 3 is 1.48 bits per heavy atom. The van der Waals surface area contributed by atoms with Crippen molar-refractivity contribution in [3.8, 4) is 0 Å². The summed E-state index contributed by atoms with van der Waals surface area (Å²) >= 11 is 0. The molecule has 0 spiro atoms. The monoisotopic (exact) mass is 1340 g/mol. The summed E-state index contributed by atoms with van der Waals surface area (Å²) in [5, 5.41) is 4.66. The molecule has 0 amide bonds. The third-order valence-electron chi connectivity index (χ3n) is 21.9. The second-order valence-corrected chi connectivity index (χ2v) is 28.6. The average molecular weight is 1340 g/mol. The fourth-order valence-corrected chi connectivity index (χ4v) is 16.4. The molecule has 0 atom stereocenters. The van der Waals surface area contributed by atoms with Gasteiger partial charge in [-0.05, 0) is 243 Å². The zero-order chi connectivity index (χ0) is 77.1. The quantitative estimate of drug-likeness (QED) is 0.127. The minimum atomic E-state index is -2.13. The Morgan fingerprint density at radius 1 is 0.396 bits per heavy atom. The minimum Gasteiger partial charge on any atom is -0.436 e. The summed E-state index contributed by atoms with van der Waals surface area (Å²) in [6.07, 6.45) is 7.60. The van der Waals surface area contributed by atoms with Crippen LogP contribution in [-0.2, 0) is 28.2 Å². The normalized spacial score (nSPS) is 15.3. The fraction of sp³-hybridized carbons (Fsp3) is 0.271. The second kappa shape index (κ2) is 27.0. The maximum atomic E-state index is 7.79. The van der Waals surface area contributed by atoms with Crippen LogP contribution in [-0.4, -0.2) is 65.5 Å². The van der Waals surface area contributed by atoms with Gasteiger partial charge in [0, 0.05) is 77.8 Å². The van der Waals surface area contributed by atoms with Gasteiger partial charge in [0.05, 0.1) is 27.5 Å². The van der Waals surface area contributed by atoms with E-state index in [0.717, 1.165) is 83.9 Å². The Kier molecular flexibility index (Phi) is 16.6. The molecule has 0 saturated carbocycles. The summed E-state index contributed by atoms with van der Waals surface area (Å²) in [6.45, 7) is 23.6. The molecule has 0 bridgehead atoms. The highest BCUT2D eigenvalue weighted by molar-refractivity contribution is 6.85. The van der Waals surface area contributed by atoms with Gasteiger partial charge in [-0.15, -0.1) is 0 Å². The van der Waals surface area contributed by atoms with Crippen molar-refractivity contribution in [2.75, 3.05) is 47.4 Å². The summed E-state index contributed by atoms with van der Waals surface area (Å²) in [7, 11) is 16.7. The fourth-order valence-electron chi connectivity index (χ4n) is 16.4. The molecule has 0 aliphatic carbocycles. The molecular formula is C85H96B4N10O2+4. The number of aryl methyl sites for hydroxylation is 13. The summed E-state index contributed by atoms with van der Waals surface area (Å²) < 4.78 is 67.3. The van der Waals surface area contributed by atoms with E-state index in [0.29, 0.717) is 22.6 Å². The third kappa shape index (κ3) is 12.1. The predicted octanol–water partition coefficient (Wildman–Crippen LogP) is 13.4. The first kappa shape index (κ1) is 61.9. The Bertz CT molecular complexity index is 5760. The van der Waals surface area contributed by atoms with Gasteiger partial charge in [0.1, 0.15) is 28.2 Å². The van der Waals surface area contributed by atoms with E-state index in [9.17, 15) is 0 Å². The van der Waals surface area contributed by atoms with Crippen molar-refractivity contribution in [3.63, 3.8) is 0 Å². The summed E-state index contributed by atoms with van der Waals surface area (Å²) in [5.74, 6) is 1.62. The molecule has 0 fully saturated rings. The standard InChI is InChI=1S/C23H26BN2.C21H25BN3O.C21H22BN2.C20H23BN3O/c1-15-10-9-13-21-23(15)16(2)14-22(25(21)5)24-18(4)17(3)19-11-7-8-12-20(19)26(24)6;1-12-9-18(24(6)11-14(12)3)22-15(4)10-17-20(25(22)7)19-13(2)8-16(5)23-21(19)26-17;1-15-16(2)22(24(4)20-12-8-6-10-18(15)20)21-14-13-17-9-5-7-11-19(17)23(21)3;1-12-9-18(23(5)11-13(12)2)21-14(3)10-17-19(24(21)6)16-8-7-15(4)22-20(16)25-17/h7-14H,1-6H3;8-11H,1-7H3;5-14H,1-4H3;7-11H,1-6H3/q4*+1/i;3D3;;2D3. The number of allylic oxidation sites excluding steroid dienone is 6. The van der Waals surface area contributed by atoms with Crippen molar-refractivity contribution >= 4 is 140 Å². The topological polar surface area (TPSA) is 80.5 Å². The van der Waals surface area contributed by atoms with E-state index in [-0.39, 0.29) is 27.4 Å². The lowest BCUT2D eigenvalue weighted by Crippen LogP contribution is -2.62. The Labute approximate surface area is 608 Å². The van der Waals surface area contributed by atoms with Crippen molar-refractivity contribution in [2.45, 2.75) is 104 Å². The molecule has 12 heterocycles. The van der Waals surface area contributed by atoms with Gasteiger partial charge in [-0.3, -0.25) is 0 Å². The zero-order valence-electron chi connectivity index (χ0n) is 68.7. The first-order valence-corrected chi connectivity index (χ1v) is 35.0. The van der Waals surface area contributed by atoms with Crippen molar-refractivity contribution in [2.24, 2.45) is 28.2 Å². The molecular weight excluding hydrogens is 1240 g/mol. The van der Waals surface area contributed by atoms with Gasteiger partial charge in [-0.25, -0.2) is 28.2 Å². The summed E-state index contributed by atoms with van der Waals surface area (Å²) in [4.78, 5) is 18.3. The highest BCUT2D eigenvalue weighted by atomic mass is 16.3. The van der Waals surface area contributed by atoms with Crippen molar-refractivity contribution in [3.05, 3.63) is 247 Å². The number of pyridine rings is 6. The Balaban J connectivity index is 0.000000126. The smallest absolute Gasteiger partial charge is 0.399 e. The van der Waals surface area contributed by atoms with Crippen LogP contribution < -0.4 is 59.9 Å². The molecule has 0 radical (unpaired) electrons. The highest BCUT2D eigenvalue weighted by Crippen LogP contribution is 2.42. The SMILES string of the molecule is CC1=C(C)c2ccccc2N(C)B1c1cc(C)c2c(C)cccc2[n+]1C.CC1=C(C)c2ccccc2N(C)B1c1ccc2ccccc2[n+]1C.[2H]C([2H])([2H])c1c[n+](C)c(B2C(C)=Cc3oc4nc(C)cc(C)c4c3N2C)cc1C.[2H]C([2H])([2H])c1c[n+](C)c(B2C(C)=Cc3oc4nc(C)ccc4c3N2C)cc1C. The maximum Gasteiger partial charge on any atom is 0.399 e. The number of fused-ring (bicyclic) bond motifs is 10. The lowest BCUT2D eigenvalue weighted by Gasteiger charge is -2.34. The molecule has 0 N–H and O–H groups in total. The number of benzene rings is 4. The molecule has 4 aliphatic rings. The van der Waals surface area contributed by atoms with Crippen LogP contribution in [0.3, 0.4) is 0 Å². The first-order valence-electron chi connectivity index (χ1n) is 38.0. The number of hydrogen-bond donors (Lipinski definition) is 0. The molecule has 16 heteroatoms. The first-order chi connectivity index (χ1) is 50.6. The maximum absolute atomic E-state index is 7.79. The average Bonchev–Trinajstić information content (AvgIpc) is 1.74. The number of nitrogens with zero attached hydrogens (tertiary/aromatic N) is 10. The number of rotatable bonds is 4. The summed E-state index contributed by atoms with van der Waals surface area (Å²) in [5.41, 5.74) is 31.8. The van der Waals surface area contributed by atoms with Crippen LogP contribution >= 0.6 is 0 Å².